The van der Waals surface area contributed by atoms with Gasteiger partial charge in [-0.1, -0.05) is 0 Å². The Morgan fingerprint density at radius 2 is 2.04 bits per heavy atom. The minimum atomic E-state index is -3.79. The molecule has 1 aromatic heterocycles. The highest BCUT2D eigenvalue weighted by atomic mass is 32.2. The lowest BCUT2D eigenvalue weighted by Crippen LogP contribution is -2.45. The maximum atomic E-state index is 12.8. The van der Waals surface area contributed by atoms with E-state index in [0.29, 0.717) is 25.1 Å². The maximum Gasteiger partial charge on any atom is 0.328 e. The summed E-state index contributed by atoms with van der Waals surface area (Å²) in [4.78, 5) is 28.8. The maximum absolute atomic E-state index is 12.8. The van der Waals surface area contributed by atoms with E-state index in [9.17, 15) is 18.0 Å². The molecule has 3 atom stereocenters. The van der Waals surface area contributed by atoms with E-state index in [1.54, 1.807) is 0 Å². The summed E-state index contributed by atoms with van der Waals surface area (Å²) in [5.41, 5.74) is -0.763. The Morgan fingerprint density at radius 3 is 2.81 bits per heavy atom. The number of H-pyrrole nitrogens is 1. The summed E-state index contributed by atoms with van der Waals surface area (Å²) in [7, 11) is -2.44. The molecule has 2 saturated heterocycles. The number of aromatic amines is 1. The number of aromatic nitrogens is 2. The van der Waals surface area contributed by atoms with Crippen LogP contribution in [0.25, 0.3) is 10.9 Å². The van der Waals surface area contributed by atoms with Crippen molar-refractivity contribution in [2.75, 3.05) is 19.7 Å². The summed E-state index contributed by atoms with van der Waals surface area (Å²) in [6.07, 6.45) is 0.838. The monoisotopic (exact) mass is 394 g/mol. The van der Waals surface area contributed by atoms with Crippen LogP contribution < -0.4 is 16.0 Å². The standard InChI is InChI=1S/C17H22N4O5S/c1-10-7-21-8-11(5-12(21)9-26-10)19-27(24,25)13-3-4-15-14(6-13)16(22)20(2)17(23)18-15/h3-4,6,10-12,19H,5,7-9H2,1-2H3,(H,18,23)/t10-,11-,12+/m1/s1. The number of ether oxygens (including phenoxy) is 1. The summed E-state index contributed by atoms with van der Waals surface area (Å²) < 4.78 is 35.0. The molecule has 2 aliphatic rings. The first-order chi connectivity index (χ1) is 12.7. The van der Waals surface area contributed by atoms with Gasteiger partial charge in [0.1, 0.15) is 0 Å². The minimum absolute atomic E-state index is 0.00800. The second-order valence-corrected chi connectivity index (χ2v) is 9.02. The number of fused-ring (bicyclic) bond motifs is 2. The molecule has 0 spiro atoms. The van der Waals surface area contributed by atoms with E-state index < -0.39 is 21.3 Å². The molecule has 0 saturated carbocycles. The van der Waals surface area contributed by atoms with Crippen LogP contribution in [0, 0.1) is 0 Å². The number of rotatable bonds is 3. The van der Waals surface area contributed by atoms with Gasteiger partial charge in [0.15, 0.2) is 0 Å². The van der Waals surface area contributed by atoms with Crippen molar-refractivity contribution in [3.63, 3.8) is 0 Å². The molecule has 27 heavy (non-hydrogen) atoms. The van der Waals surface area contributed by atoms with Gasteiger partial charge in [-0.15, -0.1) is 0 Å². The first kappa shape index (κ1) is 18.4. The van der Waals surface area contributed by atoms with Gasteiger partial charge in [-0.2, -0.15) is 0 Å². The summed E-state index contributed by atoms with van der Waals surface area (Å²) in [6, 6.07) is 4.17. The SMILES string of the molecule is C[C@@H]1CN2C[C@H](NS(=O)(=O)c3ccc4[nH]c(=O)n(C)c(=O)c4c3)C[C@H]2CO1. The third-order valence-corrected chi connectivity index (χ3v) is 6.82. The molecule has 0 radical (unpaired) electrons. The molecule has 1 aromatic carbocycles. The van der Waals surface area contributed by atoms with Crippen molar-refractivity contribution in [2.45, 2.75) is 36.4 Å². The Balaban J connectivity index is 1.61. The minimum Gasteiger partial charge on any atom is -0.376 e. The van der Waals surface area contributed by atoms with Gasteiger partial charge in [0.05, 0.1) is 28.5 Å². The molecule has 9 nitrogen and oxygen atoms in total. The van der Waals surface area contributed by atoms with E-state index in [1.807, 2.05) is 6.92 Å². The van der Waals surface area contributed by atoms with Gasteiger partial charge in [-0.3, -0.25) is 14.3 Å². The summed E-state index contributed by atoms with van der Waals surface area (Å²) in [6.45, 7) is 4.05. The van der Waals surface area contributed by atoms with Gasteiger partial charge in [0.2, 0.25) is 10.0 Å². The lowest BCUT2D eigenvalue weighted by atomic mass is 10.2. The van der Waals surface area contributed by atoms with Crippen LogP contribution in [0.4, 0.5) is 0 Å². The lowest BCUT2D eigenvalue weighted by Gasteiger charge is -2.33. The van der Waals surface area contributed by atoms with Crippen LogP contribution in [-0.2, 0) is 21.8 Å². The van der Waals surface area contributed by atoms with Crippen molar-refractivity contribution in [3.05, 3.63) is 39.0 Å². The molecule has 0 unspecified atom stereocenters. The fraction of sp³-hybridized carbons (Fsp3) is 0.529. The number of sulfonamides is 1. The fourth-order valence-electron chi connectivity index (χ4n) is 3.86. The lowest BCUT2D eigenvalue weighted by molar-refractivity contribution is -0.0390. The zero-order valence-electron chi connectivity index (χ0n) is 15.1. The van der Waals surface area contributed by atoms with Crippen molar-refractivity contribution in [2.24, 2.45) is 7.05 Å². The van der Waals surface area contributed by atoms with Crippen LogP contribution in [0.3, 0.4) is 0 Å². The molecule has 0 bridgehead atoms. The number of morpholine rings is 1. The van der Waals surface area contributed by atoms with Crippen LogP contribution in [0.15, 0.2) is 32.7 Å². The van der Waals surface area contributed by atoms with Gasteiger partial charge in [-0.05, 0) is 31.5 Å². The second-order valence-electron chi connectivity index (χ2n) is 7.31. The predicted molar refractivity (Wildman–Crippen MR) is 99.3 cm³/mol. The van der Waals surface area contributed by atoms with Gasteiger partial charge in [-0.25, -0.2) is 17.9 Å². The second kappa shape index (κ2) is 6.55. The molecule has 146 valence electrons. The van der Waals surface area contributed by atoms with Crippen LogP contribution in [-0.4, -0.2) is 60.8 Å². The van der Waals surface area contributed by atoms with E-state index in [1.165, 1.54) is 25.2 Å². The first-order valence-electron chi connectivity index (χ1n) is 8.85. The van der Waals surface area contributed by atoms with Crippen molar-refractivity contribution in [1.82, 2.24) is 19.2 Å². The predicted octanol–water partition coefficient (Wildman–Crippen LogP) is -0.633. The van der Waals surface area contributed by atoms with Gasteiger partial charge in [0.25, 0.3) is 5.56 Å². The zero-order chi connectivity index (χ0) is 19.3. The highest BCUT2D eigenvalue weighted by Crippen LogP contribution is 2.24. The third-order valence-electron chi connectivity index (χ3n) is 5.30. The molecule has 2 fully saturated rings. The van der Waals surface area contributed by atoms with Crippen LogP contribution in [0.5, 0.6) is 0 Å². The number of nitrogens with zero attached hydrogens (tertiary/aromatic N) is 2. The number of nitrogens with one attached hydrogen (secondary N) is 2. The van der Waals surface area contributed by atoms with Crippen LogP contribution in [0.1, 0.15) is 13.3 Å². The van der Waals surface area contributed by atoms with Crippen LogP contribution in [0.2, 0.25) is 0 Å². The Hall–Kier alpha value is -2.01. The number of benzene rings is 1. The van der Waals surface area contributed by atoms with Crippen molar-refractivity contribution >= 4 is 20.9 Å². The van der Waals surface area contributed by atoms with E-state index >= 15 is 0 Å². The third kappa shape index (κ3) is 3.33. The first-order valence-corrected chi connectivity index (χ1v) is 10.3. The molecule has 2 aliphatic heterocycles. The normalized spacial score (nSPS) is 26.4. The summed E-state index contributed by atoms with van der Waals surface area (Å²) >= 11 is 0. The zero-order valence-corrected chi connectivity index (χ0v) is 16.0. The summed E-state index contributed by atoms with van der Waals surface area (Å²) in [5.74, 6) is 0. The van der Waals surface area contributed by atoms with E-state index in [-0.39, 0.29) is 28.5 Å². The number of hydrogen-bond acceptors (Lipinski definition) is 6. The van der Waals surface area contributed by atoms with E-state index in [0.717, 1.165) is 11.1 Å². The highest BCUT2D eigenvalue weighted by Gasteiger charge is 2.37. The topological polar surface area (TPSA) is 114 Å². The molecule has 10 heteroatoms. The molecule has 4 rings (SSSR count). The molecular formula is C17H22N4O5S. The molecule has 0 amide bonds. The average Bonchev–Trinajstić information content (AvgIpc) is 3.00. The highest BCUT2D eigenvalue weighted by molar-refractivity contribution is 7.89. The van der Waals surface area contributed by atoms with E-state index in [4.69, 9.17) is 4.74 Å². The average molecular weight is 394 g/mol. The Morgan fingerprint density at radius 1 is 1.26 bits per heavy atom. The number of hydrogen-bond donors (Lipinski definition) is 2. The van der Waals surface area contributed by atoms with Gasteiger partial charge < -0.3 is 9.72 Å². The Labute approximate surface area is 156 Å². The molecule has 0 aliphatic carbocycles. The van der Waals surface area contributed by atoms with Gasteiger partial charge in [0, 0.05) is 32.2 Å². The molecule has 3 heterocycles. The molecular weight excluding hydrogens is 372 g/mol. The smallest absolute Gasteiger partial charge is 0.328 e. The molecule has 2 aromatic rings. The van der Waals surface area contributed by atoms with Crippen LogP contribution >= 0.6 is 0 Å². The Kier molecular flexibility index (Phi) is 4.46. The quantitative estimate of drug-likeness (QED) is 0.716. The van der Waals surface area contributed by atoms with E-state index in [2.05, 4.69) is 14.6 Å². The van der Waals surface area contributed by atoms with Crippen molar-refractivity contribution < 1.29 is 13.2 Å². The van der Waals surface area contributed by atoms with Crippen molar-refractivity contribution in [3.8, 4) is 0 Å². The Bertz CT molecular complexity index is 1110. The van der Waals surface area contributed by atoms with Gasteiger partial charge >= 0.3 is 5.69 Å². The van der Waals surface area contributed by atoms with Crippen molar-refractivity contribution in [1.29, 1.82) is 0 Å². The largest absolute Gasteiger partial charge is 0.376 e. The summed E-state index contributed by atoms with van der Waals surface area (Å²) in [5, 5.41) is 0.158. The fourth-order valence-corrected chi connectivity index (χ4v) is 5.13. The molecule has 2 N–H and O–H groups in total.